The summed E-state index contributed by atoms with van der Waals surface area (Å²) >= 11 is 0. The van der Waals surface area contributed by atoms with Crippen molar-refractivity contribution in [2.75, 3.05) is 32.8 Å². The fraction of sp³-hybridized carbons (Fsp3) is 0.545. The summed E-state index contributed by atoms with van der Waals surface area (Å²) in [6.45, 7) is 7.91. The Morgan fingerprint density at radius 2 is 2.07 bits per heavy atom. The Balaban J connectivity index is 1.24. The molecule has 2 N–H and O–H groups in total. The third-order valence-corrected chi connectivity index (χ3v) is 5.91. The van der Waals surface area contributed by atoms with E-state index < -0.39 is 0 Å². The van der Waals surface area contributed by atoms with Gasteiger partial charge in [0.15, 0.2) is 0 Å². The molecule has 2 fully saturated rings. The summed E-state index contributed by atoms with van der Waals surface area (Å²) in [5.74, 6) is 0.473. The number of aromatic amines is 1. The quantitative estimate of drug-likeness (QED) is 0.814. The number of rotatable bonds is 5. The highest BCUT2D eigenvalue weighted by Crippen LogP contribution is 2.26. The van der Waals surface area contributed by atoms with Gasteiger partial charge in [-0.15, -0.1) is 0 Å². The van der Waals surface area contributed by atoms with Crippen LogP contribution in [0.5, 0.6) is 0 Å². The number of hydrogen-bond donors (Lipinski definition) is 2. The Kier molecular flexibility index (Phi) is 6.46. The van der Waals surface area contributed by atoms with Gasteiger partial charge in [-0.2, -0.15) is 5.10 Å². The summed E-state index contributed by atoms with van der Waals surface area (Å²) in [6.07, 6.45) is 4.04. The first-order valence-electron chi connectivity index (χ1n) is 10.6. The molecule has 7 heteroatoms. The summed E-state index contributed by atoms with van der Waals surface area (Å²) in [5.41, 5.74) is 3.60. The molecule has 0 spiro atoms. The van der Waals surface area contributed by atoms with Crippen LogP contribution >= 0.6 is 0 Å². The molecule has 0 bridgehead atoms. The first-order chi connectivity index (χ1) is 14.2. The third-order valence-electron chi connectivity index (χ3n) is 5.91. The fourth-order valence-corrected chi connectivity index (χ4v) is 4.31. The highest BCUT2D eigenvalue weighted by atomic mass is 16.5. The van der Waals surface area contributed by atoms with E-state index in [1.54, 1.807) is 6.20 Å². The Morgan fingerprint density at radius 3 is 2.83 bits per heavy atom. The Bertz CT molecular complexity index is 786. The van der Waals surface area contributed by atoms with Crippen LogP contribution < -0.4 is 5.32 Å². The van der Waals surface area contributed by atoms with Crippen molar-refractivity contribution in [1.82, 2.24) is 25.3 Å². The summed E-state index contributed by atoms with van der Waals surface area (Å²) < 4.78 is 5.62. The molecule has 7 nitrogen and oxygen atoms in total. The van der Waals surface area contributed by atoms with Gasteiger partial charge in [0.1, 0.15) is 0 Å². The molecule has 1 atom stereocenters. The van der Waals surface area contributed by atoms with E-state index in [9.17, 15) is 4.79 Å². The highest BCUT2D eigenvalue weighted by molar-refractivity contribution is 5.74. The zero-order chi connectivity index (χ0) is 20.1. The van der Waals surface area contributed by atoms with E-state index in [0.29, 0.717) is 18.6 Å². The minimum atomic E-state index is 0.0282. The van der Waals surface area contributed by atoms with Crippen molar-refractivity contribution in [3.8, 4) is 0 Å². The van der Waals surface area contributed by atoms with Gasteiger partial charge in [0.25, 0.3) is 0 Å². The van der Waals surface area contributed by atoms with Gasteiger partial charge in [0, 0.05) is 57.1 Å². The van der Waals surface area contributed by atoms with Crippen molar-refractivity contribution >= 4 is 6.03 Å². The maximum Gasteiger partial charge on any atom is 0.317 e. The van der Waals surface area contributed by atoms with Crippen molar-refractivity contribution in [2.45, 2.75) is 44.9 Å². The summed E-state index contributed by atoms with van der Waals surface area (Å²) in [4.78, 5) is 16.9. The van der Waals surface area contributed by atoms with Gasteiger partial charge in [-0.1, -0.05) is 24.3 Å². The van der Waals surface area contributed by atoms with Crippen LogP contribution in [0.2, 0.25) is 0 Å². The van der Waals surface area contributed by atoms with E-state index in [1.165, 1.54) is 11.3 Å². The molecule has 1 aromatic carbocycles. The van der Waals surface area contributed by atoms with E-state index >= 15 is 0 Å². The summed E-state index contributed by atoms with van der Waals surface area (Å²) in [6, 6.07) is 10.6. The number of piperidine rings is 1. The number of nitrogens with zero attached hydrogens (tertiary/aromatic N) is 3. The topological polar surface area (TPSA) is 73.5 Å². The standard InChI is InChI=1S/C22H31N5O2/c1-17-15-26(11-12-29-17)16-19-4-2-3-18(13-19)14-23-22(28)27-9-6-20(7-10-27)21-5-8-24-25-21/h2-5,8,13,17,20H,6-7,9-12,14-16H2,1H3,(H,23,28)(H,24,25). The second kappa shape index (κ2) is 9.41. The number of carbonyl (C=O) groups excluding carboxylic acids is 1. The fourth-order valence-electron chi connectivity index (χ4n) is 4.31. The predicted molar refractivity (Wildman–Crippen MR) is 112 cm³/mol. The van der Waals surface area contributed by atoms with E-state index in [0.717, 1.165) is 57.7 Å². The van der Waals surface area contributed by atoms with Crippen LogP contribution in [-0.2, 0) is 17.8 Å². The lowest BCUT2D eigenvalue weighted by molar-refractivity contribution is -0.0212. The molecule has 2 aliphatic rings. The third kappa shape index (κ3) is 5.36. The molecule has 1 unspecified atom stereocenters. The van der Waals surface area contributed by atoms with Crippen LogP contribution in [0.3, 0.4) is 0 Å². The van der Waals surface area contributed by atoms with Crippen molar-refractivity contribution in [1.29, 1.82) is 0 Å². The number of ether oxygens (including phenoxy) is 1. The smallest absolute Gasteiger partial charge is 0.317 e. The van der Waals surface area contributed by atoms with Gasteiger partial charge in [0.05, 0.1) is 12.7 Å². The maximum atomic E-state index is 12.6. The van der Waals surface area contributed by atoms with Gasteiger partial charge >= 0.3 is 6.03 Å². The molecule has 2 aromatic rings. The highest BCUT2D eigenvalue weighted by Gasteiger charge is 2.24. The van der Waals surface area contributed by atoms with Crippen LogP contribution in [0, 0.1) is 0 Å². The lowest BCUT2D eigenvalue weighted by atomic mass is 9.94. The van der Waals surface area contributed by atoms with Gasteiger partial charge in [0.2, 0.25) is 0 Å². The Hall–Kier alpha value is -2.38. The van der Waals surface area contributed by atoms with Crippen molar-refractivity contribution in [2.24, 2.45) is 0 Å². The molecular formula is C22H31N5O2. The number of likely N-dealkylation sites (tertiary alicyclic amines) is 1. The second-order valence-electron chi connectivity index (χ2n) is 8.17. The molecule has 2 saturated heterocycles. The molecule has 2 amide bonds. The van der Waals surface area contributed by atoms with Crippen molar-refractivity contribution in [3.63, 3.8) is 0 Å². The lowest BCUT2D eigenvalue weighted by Gasteiger charge is -2.31. The predicted octanol–water partition coefficient (Wildman–Crippen LogP) is 2.72. The molecule has 2 aliphatic heterocycles. The molecule has 0 saturated carbocycles. The molecule has 0 radical (unpaired) electrons. The first-order valence-corrected chi connectivity index (χ1v) is 10.6. The first kappa shape index (κ1) is 19.9. The monoisotopic (exact) mass is 397 g/mol. The van der Waals surface area contributed by atoms with Gasteiger partial charge in [-0.25, -0.2) is 4.79 Å². The molecule has 3 heterocycles. The zero-order valence-electron chi connectivity index (χ0n) is 17.1. The maximum absolute atomic E-state index is 12.6. The normalized spacial score (nSPS) is 21.3. The van der Waals surface area contributed by atoms with E-state index in [-0.39, 0.29) is 6.03 Å². The number of aromatic nitrogens is 2. The van der Waals surface area contributed by atoms with Crippen LogP contribution in [0.4, 0.5) is 4.79 Å². The number of carbonyl (C=O) groups is 1. The second-order valence-corrected chi connectivity index (χ2v) is 8.17. The van der Waals surface area contributed by atoms with Gasteiger partial charge in [-0.3, -0.25) is 10.00 Å². The van der Waals surface area contributed by atoms with Crippen LogP contribution in [0.15, 0.2) is 36.5 Å². The van der Waals surface area contributed by atoms with E-state index in [2.05, 4.69) is 51.6 Å². The number of benzene rings is 1. The minimum absolute atomic E-state index is 0.0282. The minimum Gasteiger partial charge on any atom is -0.376 e. The van der Waals surface area contributed by atoms with E-state index in [4.69, 9.17) is 4.74 Å². The largest absolute Gasteiger partial charge is 0.376 e. The molecule has 0 aliphatic carbocycles. The number of hydrogen-bond acceptors (Lipinski definition) is 4. The SMILES string of the molecule is CC1CN(Cc2cccc(CNC(=O)N3CCC(c4ccn[nH]4)CC3)c2)CCO1. The van der Waals surface area contributed by atoms with E-state index in [1.807, 2.05) is 11.0 Å². The van der Waals surface area contributed by atoms with Crippen LogP contribution in [0.25, 0.3) is 0 Å². The number of morpholine rings is 1. The number of amides is 2. The molecule has 156 valence electrons. The Labute approximate surface area is 172 Å². The lowest BCUT2D eigenvalue weighted by Crippen LogP contribution is -2.43. The van der Waals surface area contributed by atoms with Crippen molar-refractivity contribution < 1.29 is 9.53 Å². The zero-order valence-corrected chi connectivity index (χ0v) is 17.1. The number of urea groups is 1. The van der Waals surface area contributed by atoms with Crippen molar-refractivity contribution in [3.05, 3.63) is 53.3 Å². The summed E-state index contributed by atoms with van der Waals surface area (Å²) in [5, 5.41) is 10.2. The summed E-state index contributed by atoms with van der Waals surface area (Å²) in [7, 11) is 0. The Morgan fingerprint density at radius 1 is 1.24 bits per heavy atom. The van der Waals surface area contributed by atoms with Crippen LogP contribution in [-0.4, -0.2) is 64.9 Å². The molecule has 4 rings (SSSR count). The number of H-pyrrole nitrogens is 1. The average Bonchev–Trinajstić information content (AvgIpc) is 3.27. The number of nitrogens with one attached hydrogen (secondary N) is 2. The molecule has 1 aromatic heterocycles. The van der Waals surface area contributed by atoms with Gasteiger partial charge in [-0.05, 0) is 37.0 Å². The van der Waals surface area contributed by atoms with Gasteiger partial charge < -0.3 is 15.0 Å². The molecular weight excluding hydrogens is 366 g/mol. The molecule has 29 heavy (non-hydrogen) atoms. The average molecular weight is 398 g/mol. The van der Waals surface area contributed by atoms with Crippen LogP contribution in [0.1, 0.15) is 42.5 Å².